The lowest BCUT2D eigenvalue weighted by molar-refractivity contribution is 0.283. The molecule has 0 radical (unpaired) electrons. The fourth-order valence-corrected chi connectivity index (χ4v) is 1.92. The molecule has 2 aromatic rings. The number of aromatic amines is 1. The predicted octanol–water partition coefficient (Wildman–Crippen LogP) is 2.73. The van der Waals surface area contributed by atoms with Crippen LogP contribution in [0.25, 0.3) is 10.9 Å². The van der Waals surface area contributed by atoms with Gasteiger partial charge in [0, 0.05) is 21.6 Å². The van der Waals surface area contributed by atoms with Crippen LogP contribution in [0.5, 0.6) is 0 Å². The predicted molar refractivity (Wildman–Crippen MR) is 56.7 cm³/mol. The van der Waals surface area contributed by atoms with Gasteiger partial charge in [-0.25, -0.2) is 0 Å². The lowest BCUT2D eigenvalue weighted by Crippen LogP contribution is -1.80. The quantitative estimate of drug-likeness (QED) is 0.789. The third-order valence-electron chi connectivity index (χ3n) is 2.24. The van der Waals surface area contributed by atoms with E-state index in [-0.39, 0.29) is 6.61 Å². The number of aryl methyl sites for hydroxylation is 1. The van der Waals surface area contributed by atoms with Crippen LogP contribution in [0, 0.1) is 6.92 Å². The minimum Gasteiger partial charge on any atom is -0.392 e. The van der Waals surface area contributed by atoms with E-state index in [1.807, 2.05) is 25.3 Å². The molecule has 3 heteroatoms. The van der Waals surface area contributed by atoms with Crippen LogP contribution >= 0.6 is 15.9 Å². The average Bonchev–Trinajstić information content (AvgIpc) is 2.55. The molecule has 0 saturated heterocycles. The number of rotatable bonds is 1. The number of aliphatic hydroxyl groups is 1. The molecule has 0 aliphatic rings. The second kappa shape index (κ2) is 3.16. The number of benzene rings is 1. The monoisotopic (exact) mass is 239 g/mol. The third-order valence-corrected chi connectivity index (χ3v) is 3.26. The molecular weight excluding hydrogens is 230 g/mol. The van der Waals surface area contributed by atoms with Crippen molar-refractivity contribution < 1.29 is 5.11 Å². The average molecular weight is 240 g/mol. The summed E-state index contributed by atoms with van der Waals surface area (Å²) in [7, 11) is 0. The van der Waals surface area contributed by atoms with Gasteiger partial charge in [-0.15, -0.1) is 0 Å². The molecule has 2 nitrogen and oxygen atoms in total. The SMILES string of the molecule is Cc1ccc2c(CO)c[nH]c2c1Br. The Hall–Kier alpha value is -0.800. The second-order valence-corrected chi connectivity index (χ2v) is 3.88. The molecule has 1 aromatic heterocycles. The van der Waals surface area contributed by atoms with Gasteiger partial charge in [-0.1, -0.05) is 12.1 Å². The highest BCUT2D eigenvalue weighted by molar-refractivity contribution is 9.10. The summed E-state index contributed by atoms with van der Waals surface area (Å²) >= 11 is 3.51. The van der Waals surface area contributed by atoms with E-state index in [1.54, 1.807) is 0 Å². The first kappa shape index (κ1) is 8.78. The van der Waals surface area contributed by atoms with Gasteiger partial charge in [-0.3, -0.25) is 0 Å². The summed E-state index contributed by atoms with van der Waals surface area (Å²) in [6, 6.07) is 4.07. The lowest BCUT2D eigenvalue weighted by atomic mass is 10.1. The van der Waals surface area contributed by atoms with Crippen molar-refractivity contribution in [2.24, 2.45) is 0 Å². The van der Waals surface area contributed by atoms with Crippen molar-refractivity contribution in [1.82, 2.24) is 4.98 Å². The van der Waals surface area contributed by atoms with Gasteiger partial charge in [0.25, 0.3) is 0 Å². The van der Waals surface area contributed by atoms with Crippen LogP contribution in [0.4, 0.5) is 0 Å². The van der Waals surface area contributed by atoms with Gasteiger partial charge in [0.1, 0.15) is 0 Å². The van der Waals surface area contributed by atoms with Crippen molar-refractivity contribution in [3.05, 3.63) is 33.9 Å². The fraction of sp³-hybridized carbons (Fsp3) is 0.200. The van der Waals surface area contributed by atoms with Crippen molar-refractivity contribution >= 4 is 26.8 Å². The standard InChI is InChI=1S/C10H10BrNO/c1-6-2-3-8-7(5-13)4-12-10(8)9(6)11/h2-4,12-13H,5H2,1H3. The number of aromatic nitrogens is 1. The molecule has 0 amide bonds. The molecule has 0 aliphatic heterocycles. The molecule has 0 unspecified atom stereocenters. The number of nitrogens with one attached hydrogen (secondary N) is 1. The van der Waals surface area contributed by atoms with Gasteiger partial charge in [0.05, 0.1) is 12.1 Å². The van der Waals surface area contributed by atoms with Crippen molar-refractivity contribution in [2.75, 3.05) is 0 Å². The third kappa shape index (κ3) is 1.28. The van der Waals surface area contributed by atoms with E-state index in [2.05, 4.69) is 20.9 Å². The van der Waals surface area contributed by atoms with Crippen LogP contribution in [0.1, 0.15) is 11.1 Å². The van der Waals surface area contributed by atoms with Gasteiger partial charge in [0.2, 0.25) is 0 Å². The molecule has 0 bridgehead atoms. The number of fused-ring (bicyclic) bond motifs is 1. The zero-order valence-electron chi connectivity index (χ0n) is 7.26. The van der Waals surface area contributed by atoms with E-state index in [0.29, 0.717) is 0 Å². The Morgan fingerprint density at radius 1 is 1.46 bits per heavy atom. The van der Waals surface area contributed by atoms with Crippen molar-refractivity contribution in [3.8, 4) is 0 Å². The van der Waals surface area contributed by atoms with Crippen LogP contribution in [0.15, 0.2) is 22.8 Å². The first-order valence-electron chi connectivity index (χ1n) is 4.10. The van der Waals surface area contributed by atoms with Gasteiger partial charge < -0.3 is 10.1 Å². The van der Waals surface area contributed by atoms with Gasteiger partial charge >= 0.3 is 0 Å². The van der Waals surface area contributed by atoms with E-state index in [4.69, 9.17) is 5.11 Å². The highest BCUT2D eigenvalue weighted by atomic mass is 79.9. The molecule has 13 heavy (non-hydrogen) atoms. The first-order chi connectivity index (χ1) is 6.24. The van der Waals surface area contributed by atoms with E-state index >= 15 is 0 Å². The maximum atomic E-state index is 9.05. The highest BCUT2D eigenvalue weighted by Gasteiger charge is 2.06. The Kier molecular flexibility index (Phi) is 2.14. The number of aliphatic hydroxyl groups excluding tert-OH is 1. The molecule has 1 aromatic carbocycles. The summed E-state index contributed by atoms with van der Waals surface area (Å²) in [5.74, 6) is 0. The highest BCUT2D eigenvalue weighted by Crippen LogP contribution is 2.28. The maximum absolute atomic E-state index is 9.05. The van der Waals surface area contributed by atoms with Crippen LogP contribution in [-0.4, -0.2) is 10.1 Å². The summed E-state index contributed by atoms with van der Waals surface area (Å²) in [4.78, 5) is 3.14. The molecule has 0 atom stereocenters. The number of hydrogen-bond acceptors (Lipinski definition) is 1. The molecule has 2 rings (SSSR count). The lowest BCUT2D eigenvalue weighted by Gasteiger charge is -1.99. The normalized spacial score (nSPS) is 11.0. The van der Waals surface area contributed by atoms with Gasteiger partial charge in [-0.2, -0.15) is 0 Å². The van der Waals surface area contributed by atoms with Crippen LogP contribution in [-0.2, 0) is 6.61 Å². The Morgan fingerprint density at radius 3 is 2.92 bits per heavy atom. The van der Waals surface area contributed by atoms with Gasteiger partial charge in [-0.05, 0) is 28.4 Å². The first-order valence-corrected chi connectivity index (χ1v) is 4.89. The van der Waals surface area contributed by atoms with Crippen molar-refractivity contribution in [3.63, 3.8) is 0 Å². The zero-order chi connectivity index (χ0) is 9.42. The molecule has 68 valence electrons. The van der Waals surface area contributed by atoms with E-state index in [1.165, 1.54) is 5.56 Å². The summed E-state index contributed by atoms with van der Waals surface area (Å²) in [5.41, 5.74) is 3.19. The van der Waals surface area contributed by atoms with Crippen molar-refractivity contribution in [2.45, 2.75) is 13.5 Å². The van der Waals surface area contributed by atoms with Crippen LogP contribution in [0.2, 0.25) is 0 Å². The topological polar surface area (TPSA) is 36.0 Å². The number of halogens is 1. The van der Waals surface area contributed by atoms with E-state index < -0.39 is 0 Å². The molecular formula is C10H10BrNO. The molecule has 0 saturated carbocycles. The molecule has 0 fully saturated rings. The van der Waals surface area contributed by atoms with Crippen LogP contribution in [0.3, 0.4) is 0 Å². The summed E-state index contributed by atoms with van der Waals surface area (Å²) < 4.78 is 1.07. The Morgan fingerprint density at radius 2 is 2.23 bits per heavy atom. The minimum absolute atomic E-state index is 0.0789. The Bertz CT molecular complexity index is 447. The van der Waals surface area contributed by atoms with E-state index in [9.17, 15) is 0 Å². The van der Waals surface area contributed by atoms with Gasteiger partial charge in [0.15, 0.2) is 0 Å². The minimum atomic E-state index is 0.0789. The molecule has 1 heterocycles. The van der Waals surface area contributed by atoms with Crippen LogP contribution < -0.4 is 0 Å². The molecule has 2 N–H and O–H groups in total. The summed E-state index contributed by atoms with van der Waals surface area (Å²) in [5, 5.41) is 10.1. The van der Waals surface area contributed by atoms with E-state index in [0.717, 1.165) is 20.9 Å². The summed E-state index contributed by atoms with van der Waals surface area (Å²) in [6.45, 7) is 2.12. The Balaban J connectivity index is 2.81. The fourth-order valence-electron chi connectivity index (χ4n) is 1.46. The number of hydrogen-bond donors (Lipinski definition) is 2. The summed E-state index contributed by atoms with van der Waals surface area (Å²) in [6.07, 6.45) is 1.84. The number of H-pyrrole nitrogens is 1. The smallest absolute Gasteiger partial charge is 0.0702 e. The molecule has 0 aliphatic carbocycles. The maximum Gasteiger partial charge on any atom is 0.0702 e. The largest absolute Gasteiger partial charge is 0.392 e. The zero-order valence-corrected chi connectivity index (χ0v) is 8.85. The molecule has 0 spiro atoms. The van der Waals surface area contributed by atoms with Crippen molar-refractivity contribution in [1.29, 1.82) is 0 Å². The second-order valence-electron chi connectivity index (χ2n) is 3.09. The Labute approximate surface area is 84.7 Å².